The summed E-state index contributed by atoms with van der Waals surface area (Å²) >= 11 is 0. The molecule has 4 saturated carbocycles. The number of rotatable bonds is 5. The van der Waals surface area contributed by atoms with Crippen molar-refractivity contribution in [1.29, 1.82) is 0 Å². The zero-order valence-electron chi connectivity index (χ0n) is 19.0. The van der Waals surface area contributed by atoms with Crippen LogP contribution in [0.4, 0.5) is 0 Å². The summed E-state index contributed by atoms with van der Waals surface area (Å²) in [5.74, 6) is 1.35. The quantitative estimate of drug-likeness (QED) is 0.418. The average Bonchev–Trinajstić information content (AvgIpc) is 3.51. The lowest BCUT2D eigenvalue weighted by atomic mass is 9.61. The van der Waals surface area contributed by atoms with Crippen molar-refractivity contribution in [2.45, 2.75) is 83.8 Å². The van der Waals surface area contributed by atoms with E-state index in [-0.39, 0.29) is 28.8 Å². The van der Waals surface area contributed by atoms with Crippen LogP contribution in [0.2, 0.25) is 0 Å². The minimum atomic E-state index is -0.658. The summed E-state index contributed by atoms with van der Waals surface area (Å²) in [4.78, 5) is 12.2. The second-order valence-electron chi connectivity index (χ2n) is 10.7. The average molecular weight is 427 g/mol. The van der Waals surface area contributed by atoms with Gasteiger partial charge in [0, 0.05) is 24.3 Å². The van der Waals surface area contributed by atoms with Gasteiger partial charge in [-0.1, -0.05) is 38.2 Å². The first-order valence-corrected chi connectivity index (χ1v) is 12.1. The van der Waals surface area contributed by atoms with Gasteiger partial charge < -0.3 is 15.3 Å². The van der Waals surface area contributed by atoms with Crippen molar-refractivity contribution in [2.75, 3.05) is 0 Å². The molecule has 0 aromatic rings. The van der Waals surface area contributed by atoms with Crippen molar-refractivity contribution in [1.82, 2.24) is 0 Å². The van der Waals surface area contributed by atoms with E-state index in [1.54, 1.807) is 0 Å². The summed E-state index contributed by atoms with van der Waals surface area (Å²) in [5, 5.41) is 30.9. The fourth-order valence-corrected chi connectivity index (χ4v) is 6.53. The Morgan fingerprint density at radius 1 is 1.19 bits per heavy atom. The van der Waals surface area contributed by atoms with Gasteiger partial charge in [-0.15, -0.1) is 0 Å². The molecule has 0 spiro atoms. The normalized spacial score (nSPS) is 40.3. The highest BCUT2D eigenvalue weighted by molar-refractivity contribution is 5.93. The second kappa shape index (κ2) is 8.71. The fourth-order valence-electron chi connectivity index (χ4n) is 6.53. The number of aliphatic hydroxyl groups is 3. The van der Waals surface area contributed by atoms with Gasteiger partial charge >= 0.3 is 0 Å². The van der Waals surface area contributed by atoms with Gasteiger partial charge in [0.05, 0.1) is 18.0 Å². The molecule has 4 nitrogen and oxygen atoms in total. The van der Waals surface area contributed by atoms with Gasteiger partial charge in [0.25, 0.3) is 0 Å². The molecule has 4 aliphatic carbocycles. The van der Waals surface area contributed by atoms with Gasteiger partial charge in [-0.25, -0.2) is 0 Å². The van der Waals surface area contributed by atoms with Crippen LogP contribution in [0.5, 0.6) is 0 Å². The highest BCUT2D eigenvalue weighted by atomic mass is 16.3. The topological polar surface area (TPSA) is 77.8 Å². The van der Waals surface area contributed by atoms with Gasteiger partial charge in [0.1, 0.15) is 0 Å². The predicted molar refractivity (Wildman–Crippen MR) is 122 cm³/mol. The fraction of sp³-hybridized carbons (Fsp3) is 0.667. The Kier molecular flexibility index (Phi) is 6.33. The van der Waals surface area contributed by atoms with E-state index in [0.717, 1.165) is 56.1 Å². The van der Waals surface area contributed by atoms with E-state index in [1.807, 2.05) is 0 Å². The molecular formula is C27H38O4. The lowest BCUT2D eigenvalue weighted by Crippen LogP contribution is -2.36. The van der Waals surface area contributed by atoms with Crippen molar-refractivity contribution in [3.05, 3.63) is 47.3 Å². The molecular weight excluding hydrogens is 388 g/mol. The summed E-state index contributed by atoms with van der Waals surface area (Å²) in [6.07, 6.45) is 13.0. The number of aliphatic hydroxyl groups excluding tert-OH is 3. The van der Waals surface area contributed by atoms with Crippen molar-refractivity contribution >= 4 is 5.78 Å². The van der Waals surface area contributed by atoms with Crippen molar-refractivity contribution in [3.8, 4) is 0 Å². The van der Waals surface area contributed by atoms with Crippen molar-refractivity contribution < 1.29 is 20.1 Å². The SMILES string of the molecule is C=C1/C(=C\C=C2/CCC[C@@]3(C)C2CC[C@@H]3[C@H](C)/C(O)=C/C(=O)C2CC2)C[C@@H](O)C[C@@H]1O. The molecule has 0 radical (unpaired) electrons. The maximum absolute atomic E-state index is 12.2. The Labute approximate surface area is 186 Å². The largest absolute Gasteiger partial charge is 0.512 e. The first-order valence-electron chi connectivity index (χ1n) is 12.1. The lowest BCUT2D eigenvalue weighted by molar-refractivity contribution is -0.115. The number of hydrogen-bond donors (Lipinski definition) is 3. The number of carbonyl (C=O) groups excluding carboxylic acids is 1. The monoisotopic (exact) mass is 426 g/mol. The van der Waals surface area contributed by atoms with E-state index in [0.29, 0.717) is 24.7 Å². The Balaban J connectivity index is 1.52. The number of carbonyl (C=O) groups is 1. The molecule has 0 aromatic carbocycles. The smallest absolute Gasteiger partial charge is 0.162 e. The molecule has 3 N–H and O–H groups in total. The van der Waals surface area contributed by atoms with Gasteiger partial charge in [-0.3, -0.25) is 4.79 Å². The zero-order valence-corrected chi connectivity index (χ0v) is 19.0. The zero-order chi connectivity index (χ0) is 22.3. The third-order valence-corrected chi connectivity index (χ3v) is 8.64. The summed E-state index contributed by atoms with van der Waals surface area (Å²) in [6, 6.07) is 0. The van der Waals surface area contributed by atoms with E-state index in [1.165, 1.54) is 11.6 Å². The van der Waals surface area contributed by atoms with E-state index >= 15 is 0 Å². The van der Waals surface area contributed by atoms with Crippen molar-refractivity contribution in [2.24, 2.45) is 29.1 Å². The van der Waals surface area contributed by atoms with Crippen LogP contribution in [0.3, 0.4) is 0 Å². The van der Waals surface area contributed by atoms with Gasteiger partial charge in [-0.2, -0.15) is 0 Å². The molecule has 0 amide bonds. The molecule has 0 aromatic heterocycles. The number of ketones is 1. The summed E-state index contributed by atoms with van der Waals surface area (Å²) in [5.41, 5.74) is 3.24. The first kappa shape index (κ1) is 22.5. The first-order chi connectivity index (χ1) is 14.7. The molecule has 4 fully saturated rings. The highest BCUT2D eigenvalue weighted by Crippen LogP contribution is 2.60. The molecule has 31 heavy (non-hydrogen) atoms. The van der Waals surface area contributed by atoms with Crippen LogP contribution in [-0.4, -0.2) is 33.3 Å². The Bertz CT molecular complexity index is 830. The third kappa shape index (κ3) is 4.47. The second-order valence-corrected chi connectivity index (χ2v) is 10.7. The van der Waals surface area contributed by atoms with Crippen LogP contribution in [0.15, 0.2) is 47.3 Å². The maximum Gasteiger partial charge on any atom is 0.162 e. The Morgan fingerprint density at radius 3 is 2.65 bits per heavy atom. The summed E-state index contributed by atoms with van der Waals surface area (Å²) in [6.45, 7) is 8.48. The van der Waals surface area contributed by atoms with Crippen LogP contribution in [0.1, 0.15) is 71.6 Å². The lowest BCUT2D eigenvalue weighted by Gasteiger charge is -2.44. The van der Waals surface area contributed by atoms with E-state index in [4.69, 9.17) is 0 Å². The highest BCUT2D eigenvalue weighted by Gasteiger charge is 2.51. The Morgan fingerprint density at radius 2 is 1.94 bits per heavy atom. The minimum Gasteiger partial charge on any atom is -0.512 e. The van der Waals surface area contributed by atoms with Gasteiger partial charge in [0.2, 0.25) is 0 Å². The molecule has 0 bridgehead atoms. The van der Waals surface area contributed by atoms with Crippen LogP contribution < -0.4 is 0 Å². The van der Waals surface area contributed by atoms with E-state index in [2.05, 4.69) is 32.6 Å². The Hall–Kier alpha value is -1.65. The molecule has 4 rings (SSSR count). The molecule has 170 valence electrons. The number of allylic oxidation sites excluding steroid dienone is 5. The maximum atomic E-state index is 12.2. The molecule has 0 saturated heterocycles. The van der Waals surface area contributed by atoms with Crippen molar-refractivity contribution in [3.63, 3.8) is 0 Å². The van der Waals surface area contributed by atoms with Crippen LogP contribution >= 0.6 is 0 Å². The standard InChI is InChI=1S/C27H38O4/c1-16-20(13-21(28)14-24(16)29)9-6-18-5-4-12-27(3)22(10-11-23(18)27)17(2)25(30)15-26(31)19-7-8-19/h6,9,15,17,19,21-24,28-30H,1,4-5,7-8,10-14H2,2-3H3/b18-6+,20-9-,25-15-/t17-,21+,22+,23?,24-,27+/m0/s1. The predicted octanol–water partition coefficient (Wildman–Crippen LogP) is 5.18. The molecule has 1 unspecified atom stereocenters. The molecule has 0 heterocycles. The van der Waals surface area contributed by atoms with Crippen LogP contribution in [0, 0.1) is 29.1 Å². The molecule has 4 heteroatoms. The summed E-state index contributed by atoms with van der Waals surface area (Å²) in [7, 11) is 0. The number of fused-ring (bicyclic) bond motifs is 1. The molecule has 6 atom stereocenters. The minimum absolute atomic E-state index is 0.00109. The van der Waals surface area contributed by atoms with Gasteiger partial charge in [-0.05, 0) is 79.8 Å². The van der Waals surface area contributed by atoms with Crippen LogP contribution in [0.25, 0.3) is 0 Å². The van der Waals surface area contributed by atoms with E-state index in [9.17, 15) is 20.1 Å². The summed E-state index contributed by atoms with van der Waals surface area (Å²) < 4.78 is 0. The molecule has 0 aliphatic heterocycles. The number of hydrogen-bond acceptors (Lipinski definition) is 4. The van der Waals surface area contributed by atoms with Gasteiger partial charge in [0.15, 0.2) is 5.78 Å². The molecule has 4 aliphatic rings. The third-order valence-electron chi connectivity index (χ3n) is 8.64. The van der Waals surface area contributed by atoms with E-state index < -0.39 is 12.2 Å². The van der Waals surface area contributed by atoms with Crippen LogP contribution in [-0.2, 0) is 4.79 Å².